The highest BCUT2D eigenvalue weighted by Gasteiger charge is 2.24. The number of methoxy groups -OCH3 is 1. The minimum Gasteiger partial charge on any atom is -0.460 e. The van der Waals surface area contributed by atoms with E-state index in [0.29, 0.717) is 17.9 Å². The SMILES string of the molecule is CO[C@@H](c1ccccc1Cl)[C@H](C)OC(=O)CCc1ccccc1. The molecule has 0 aliphatic rings. The zero-order valence-electron chi connectivity index (χ0n) is 13.4. The molecule has 0 aromatic heterocycles. The zero-order chi connectivity index (χ0) is 16.7. The quantitative estimate of drug-likeness (QED) is 0.695. The van der Waals surface area contributed by atoms with Crippen molar-refractivity contribution in [1.29, 1.82) is 0 Å². The largest absolute Gasteiger partial charge is 0.460 e. The average molecular weight is 333 g/mol. The summed E-state index contributed by atoms with van der Waals surface area (Å²) < 4.78 is 11.0. The normalized spacial score (nSPS) is 13.3. The zero-order valence-corrected chi connectivity index (χ0v) is 14.1. The molecular weight excluding hydrogens is 312 g/mol. The minimum absolute atomic E-state index is 0.240. The van der Waals surface area contributed by atoms with Gasteiger partial charge in [0, 0.05) is 24.1 Å². The van der Waals surface area contributed by atoms with Gasteiger partial charge in [-0.1, -0.05) is 60.1 Å². The van der Waals surface area contributed by atoms with E-state index < -0.39 is 6.10 Å². The summed E-state index contributed by atoms with van der Waals surface area (Å²) in [6.07, 6.45) is 0.205. The van der Waals surface area contributed by atoms with E-state index in [1.54, 1.807) is 13.2 Å². The van der Waals surface area contributed by atoms with Gasteiger partial charge >= 0.3 is 5.97 Å². The van der Waals surface area contributed by atoms with Gasteiger partial charge in [-0.3, -0.25) is 4.79 Å². The van der Waals surface area contributed by atoms with Gasteiger partial charge in [-0.25, -0.2) is 0 Å². The number of aryl methyl sites for hydroxylation is 1. The molecule has 2 aromatic rings. The molecule has 2 atom stereocenters. The van der Waals surface area contributed by atoms with E-state index >= 15 is 0 Å². The molecule has 3 nitrogen and oxygen atoms in total. The van der Waals surface area contributed by atoms with E-state index in [-0.39, 0.29) is 12.1 Å². The maximum atomic E-state index is 12.1. The summed E-state index contributed by atoms with van der Waals surface area (Å²) in [5.41, 5.74) is 1.94. The predicted molar refractivity (Wildman–Crippen MR) is 91.5 cm³/mol. The third kappa shape index (κ3) is 5.08. The van der Waals surface area contributed by atoms with Gasteiger partial charge in [0.25, 0.3) is 0 Å². The number of hydrogen-bond acceptors (Lipinski definition) is 3. The van der Waals surface area contributed by atoms with E-state index in [1.165, 1.54) is 0 Å². The van der Waals surface area contributed by atoms with Crippen LogP contribution in [0.2, 0.25) is 5.02 Å². The molecular formula is C19H21ClO3. The third-order valence-electron chi connectivity index (χ3n) is 3.67. The van der Waals surface area contributed by atoms with Crippen LogP contribution in [0.5, 0.6) is 0 Å². The Balaban J connectivity index is 1.92. The maximum absolute atomic E-state index is 12.1. The fourth-order valence-corrected chi connectivity index (χ4v) is 2.74. The van der Waals surface area contributed by atoms with Crippen LogP contribution in [0.15, 0.2) is 54.6 Å². The second kappa shape index (κ2) is 8.70. The Labute approximate surface area is 142 Å². The molecule has 0 spiro atoms. The van der Waals surface area contributed by atoms with Crippen LogP contribution in [0, 0.1) is 0 Å². The molecule has 0 aliphatic carbocycles. The molecule has 23 heavy (non-hydrogen) atoms. The number of rotatable bonds is 7. The van der Waals surface area contributed by atoms with Gasteiger partial charge in [0.1, 0.15) is 12.2 Å². The summed E-state index contributed by atoms with van der Waals surface area (Å²) in [7, 11) is 1.59. The van der Waals surface area contributed by atoms with Crippen molar-refractivity contribution in [2.45, 2.75) is 32.0 Å². The Hall–Kier alpha value is -1.84. The number of carbonyl (C=O) groups is 1. The second-order valence-corrected chi connectivity index (χ2v) is 5.77. The van der Waals surface area contributed by atoms with Gasteiger partial charge in [0.05, 0.1) is 0 Å². The summed E-state index contributed by atoms with van der Waals surface area (Å²) in [5, 5.41) is 0.603. The highest BCUT2D eigenvalue weighted by Crippen LogP contribution is 2.29. The first-order chi connectivity index (χ1) is 11.1. The Kier molecular flexibility index (Phi) is 6.63. The summed E-state index contributed by atoms with van der Waals surface area (Å²) in [5.74, 6) is -0.240. The van der Waals surface area contributed by atoms with Crippen molar-refractivity contribution in [2.24, 2.45) is 0 Å². The van der Waals surface area contributed by atoms with Crippen LogP contribution in [0.3, 0.4) is 0 Å². The van der Waals surface area contributed by atoms with E-state index in [9.17, 15) is 4.79 Å². The van der Waals surface area contributed by atoms with Crippen LogP contribution < -0.4 is 0 Å². The molecule has 0 amide bonds. The van der Waals surface area contributed by atoms with Gasteiger partial charge in [-0.2, -0.15) is 0 Å². The number of halogens is 1. The summed E-state index contributed by atoms with van der Waals surface area (Å²) in [4.78, 5) is 12.1. The fourth-order valence-electron chi connectivity index (χ4n) is 2.50. The van der Waals surface area contributed by atoms with Crippen molar-refractivity contribution >= 4 is 17.6 Å². The number of carbonyl (C=O) groups excluding carboxylic acids is 1. The Morgan fingerprint density at radius 3 is 2.39 bits per heavy atom. The van der Waals surface area contributed by atoms with Crippen LogP contribution in [0.25, 0.3) is 0 Å². The molecule has 0 fully saturated rings. The molecule has 0 saturated carbocycles. The Bertz CT molecular complexity index is 628. The first-order valence-electron chi connectivity index (χ1n) is 7.62. The molecule has 0 heterocycles. The van der Waals surface area contributed by atoms with E-state index in [4.69, 9.17) is 21.1 Å². The maximum Gasteiger partial charge on any atom is 0.306 e. The average Bonchev–Trinajstić information content (AvgIpc) is 2.56. The first-order valence-corrected chi connectivity index (χ1v) is 8.00. The molecule has 0 bridgehead atoms. The lowest BCUT2D eigenvalue weighted by atomic mass is 10.0. The summed E-state index contributed by atoms with van der Waals surface area (Å²) in [6, 6.07) is 17.3. The predicted octanol–water partition coefficient (Wildman–Crippen LogP) is 4.59. The number of esters is 1. The molecule has 4 heteroatoms. The van der Waals surface area contributed by atoms with E-state index in [2.05, 4.69) is 0 Å². The van der Waals surface area contributed by atoms with Crippen LogP contribution in [0.1, 0.15) is 30.6 Å². The van der Waals surface area contributed by atoms with Gasteiger partial charge in [0.2, 0.25) is 0 Å². The van der Waals surface area contributed by atoms with Crippen molar-refractivity contribution in [2.75, 3.05) is 7.11 Å². The topological polar surface area (TPSA) is 35.5 Å². The van der Waals surface area contributed by atoms with Crippen LogP contribution in [-0.2, 0) is 20.7 Å². The minimum atomic E-state index is -0.414. The molecule has 0 aliphatic heterocycles. The van der Waals surface area contributed by atoms with Crippen LogP contribution in [-0.4, -0.2) is 19.2 Å². The highest BCUT2D eigenvalue weighted by molar-refractivity contribution is 6.31. The van der Waals surface area contributed by atoms with Crippen LogP contribution >= 0.6 is 11.6 Å². The number of hydrogen-bond donors (Lipinski definition) is 0. The van der Waals surface area contributed by atoms with E-state index in [0.717, 1.165) is 11.1 Å². The van der Waals surface area contributed by atoms with Crippen molar-refractivity contribution in [1.82, 2.24) is 0 Å². The Morgan fingerprint density at radius 2 is 1.74 bits per heavy atom. The highest BCUT2D eigenvalue weighted by atomic mass is 35.5. The monoisotopic (exact) mass is 332 g/mol. The van der Waals surface area contributed by atoms with Gasteiger partial charge < -0.3 is 9.47 Å². The molecule has 0 saturated heterocycles. The molecule has 0 radical (unpaired) electrons. The summed E-state index contributed by atoms with van der Waals surface area (Å²) >= 11 is 6.20. The smallest absolute Gasteiger partial charge is 0.306 e. The summed E-state index contributed by atoms with van der Waals surface area (Å²) in [6.45, 7) is 1.82. The van der Waals surface area contributed by atoms with Crippen molar-refractivity contribution in [3.8, 4) is 0 Å². The van der Waals surface area contributed by atoms with Crippen molar-refractivity contribution < 1.29 is 14.3 Å². The van der Waals surface area contributed by atoms with Gasteiger partial charge in [0.15, 0.2) is 0 Å². The third-order valence-corrected chi connectivity index (χ3v) is 4.01. The van der Waals surface area contributed by atoms with Gasteiger partial charge in [-0.15, -0.1) is 0 Å². The molecule has 122 valence electrons. The second-order valence-electron chi connectivity index (χ2n) is 5.36. The molecule has 2 aromatic carbocycles. The van der Waals surface area contributed by atoms with Gasteiger partial charge in [-0.05, 0) is 25.0 Å². The number of benzene rings is 2. The van der Waals surface area contributed by atoms with Crippen molar-refractivity contribution in [3.63, 3.8) is 0 Å². The molecule has 0 N–H and O–H groups in total. The van der Waals surface area contributed by atoms with E-state index in [1.807, 2.05) is 55.5 Å². The first kappa shape index (κ1) is 17.5. The van der Waals surface area contributed by atoms with Crippen molar-refractivity contribution in [3.05, 3.63) is 70.7 Å². The van der Waals surface area contributed by atoms with Crippen LogP contribution in [0.4, 0.5) is 0 Å². The standard InChI is InChI=1S/C19H21ClO3/c1-14(19(22-2)16-10-6-7-11-17(16)20)23-18(21)13-12-15-8-4-3-5-9-15/h3-11,14,19H,12-13H2,1-2H3/t14-,19+/m0/s1. The lowest BCUT2D eigenvalue weighted by Crippen LogP contribution is -2.24. The Morgan fingerprint density at radius 1 is 1.09 bits per heavy atom. The fraction of sp³-hybridized carbons (Fsp3) is 0.316. The molecule has 2 rings (SSSR count). The molecule has 0 unspecified atom stereocenters. The lowest BCUT2D eigenvalue weighted by molar-refractivity contribution is -0.155. The number of ether oxygens (including phenoxy) is 2. The lowest BCUT2D eigenvalue weighted by Gasteiger charge is -2.24.